The van der Waals surface area contributed by atoms with Crippen molar-refractivity contribution in [2.75, 3.05) is 13.1 Å². The average Bonchev–Trinajstić information content (AvgIpc) is 2.67. The van der Waals surface area contributed by atoms with Gasteiger partial charge in [-0.1, -0.05) is 11.6 Å². The summed E-state index contributed by atoms with van der Waals surface area (Å²) in [6, 6.07) is 1.81. The van der Waals surface area contributed by atoms with Gasteiger partial charge in [0.1, 0.15) is 10.8 Å². The highest BCUT2D eigenvalue weighted by Crippen LogP contribution is 2.33. The van der Waals surface area contributed by atoms with E-state index in [9.17, 15) is 4.79 Å². The van der Waals surface area contributed by atoms with Crippen molar-refractivity contribution in [2.45, 2.75) is 32.3 Å². The van der Waals surface area contributed by atoms with Gasteiger partial charge in [0.2, 0.25) is 0 Å². The number of amides is 1. The van der Waals surface area contributed by atoms with Crippen LogP contribution in [0.5, 0.6) is 0 Å². The first-order valence-electron chi connectivity index (χ1n) is 6.94. The lowest BCUT2D eigenvalue weighted by Crippen LogP contribution is -2.50. The molecule has 0 bridgehead atoms. The van der Waals surface area contributed by atoms with E-state index >= 15 is 0 Å². The third-order valence-electron chi connectivity index (χ3n) is 3.54. The van der Waals surface area contributed by atoms with Crippen molar-refractivity contribution in [1.29, 1.82) is 0 Å². The average molecular weight is 308 g/mol. The Morgan fingerprint density at radius 1 is 1.48 bits per heavy atom. The Hall–Kier alpha value is -1.75. The molecule has 0 radical (unpaired) electrons. The van der Waals surface area contributed by atoms with Crippen molar-refractivity contribution in [3.05, 3.63) is 29.2 Å². The molecule has 21 heavy (non-hydrogen) atoms. The van der Waals surface area contributed by atoms with E-state index in [2.05, 4.69) is 9.97 Å². The molecule has 2 aromatic rings. The van der Waals surface area contributed by atoms with Gasteiger partial charge < -0.3 is 14.6 Å². The molecule has 3 heterocycles. The second-order valence-corrected chi connectivity index (χ2v) is 6.77. The molecule has 3 rings (SSSR count). The minimum absolute atomic E-state index is 0.250. The number of hydrogen-bond donors (Lipinski definition) is 1. The van der Waals surface area contributed by atoms with Crippen LogP contribution in [-0.2, 0) is 4.74 Å². The van der Waals surface area contributed by atoms with Gasteiger partial charge in [-0.25, -0.2) is 9.78 Å². The Bertz CT molecular complexity index is 684. The molecule has 0 saturated carbocycles. The predicted octanol–water partition coefficient (Wildman–Crippen LogP) is 3.55. The summed E-state index contributed by atoms with van der Waals surface area (Å²) in [6.45, 7) is 6.96. The molecule has 0 atom stereocenters. The SMILES string of the molecule is CC(C)(C)OC(=O)N1CC(c2c[nH]c3cc(Cl)ncc23)C1. The summed E-state index contributed by atoms with van der Waals surface area (Å²) in [5, 5.41) is 1.54. The lowest BCUT2D eigenvalue weighted by Gasteiger charge is -2.39. The Morgan fingerprint density at radius 3 is 2.86 bits per heavy atom. The first-order chi connectivity index (χ1) is 9.83. The van der Waals surface area contributed by atoms with Crippen LogP contribution in [0.1, 0.15) is 32.3 Å². The number of hydrogen-bond acceptors (Lipinski definition) is 3. The summed E-state index contributed by atoms with van der Waals surface area (Å²) >= 11 is 5.88. The van der Waals surface area contributed by atoms with Crippen molar-refractivity contribution < 1.29 is 9.53 Å². The zero-order valence-electron chi connectivity index (χ0n) is 12.3. The Labute approximate surface area is 128 Å². The molecule has 0 spiro atoms. The number of H-pyrrole nitrogens is 1. The van der Waals surface area contributed by atoms with Crippen molar-refractivity contribution in [3.63, 3.8) is 0 Å². The van der Waals surface area contributed by atoms with Crippen LogP contribution in [0.15, 0.2) is 18.5 Å². The Balaban J connectivity index is 1.69. The first-order valence-corrected chi connectivity index (χ1v) is 7.32. The smallest absolute Gasteiger partial charge is 0.410 e. The highest BCUT2D eigenvalue weighted by atomic mass is 35.5. The lowest BCUT2D eigenvalue weighted by molar-refractivity contribution is 0.00830. The highest BCUT2D eigenvalue weighted by molar-refractivity contribution is 6.30. The molecule has 0 aromatic carbocycles. The predicted molar refractivity (Wildman–Crippen MR) is 81.7 cm³/mol. The van der Waals surface area contributed by atoms with Crippen molar-refractivity contribution in [1.82, 2.24) is 14.9 Å². The minimum Gasteiger partial charge on any atom is -0.444 e. The number of fused-ring (bicyclic) bond motifs is 1. The van der Waals surface area contributed by atoms with Crippen molar-refractivity contribution >= 4 is 28.6 Å². The number of aromatic nitrogens is 2. The molecular weight excluding hydrogens is 290 g/mol. The standard InChI is InChI=1S/C15H18ClN3O2/c1-15(2,3)21-14(20)19-7-9(8-19)10-5-17-12-4-13(16)18-6-11(10)12/h4-6,9,17H,7-8H2,1-3H3. The highest BCUT2D eigenvalue weighted by Gasteiger charge is 2.35. The van der Waals surface area contributed by atoms with E-state index in [4.69, 9.17) is 16.3 Å². The molecule has 112 valence electrons. The first kappa shape index (κ1) is 14.2. The van der Waals surface area contributed by atoms with Gasteiger partial charge in [0, 0.05) is 36.8 Å². The maximum atomic E-state index is 11.9. The van der Waals surface area contributed by atoms with Crippen LogP contribution in [0, 0.1) is 0 Å². The number of nitrogens with zero attached hydrogens (tertiary/aromatic N) is 2. The van der Waals surface area contributed by atoms with E-state index in [1.54, 1.807) is 11.1 Å². The fourth-order valence-electron chi connectivity index (χ4n) is 2.50. The molecule has 1 aliphatic heterocycles. The normalized spacial score (nSPS) is 16.1. The Morgan fingerprint density at radius 2 is 2.19 bits per heavy atom. The van der Waals surface area contributed by atoms with Crippen LogP contribution in [0.3, 0.4) is 0 Å². The fraction of sp³-hybridized carbons (Fsp3) is 0.467. The summed E-state index contributed by atoms with van der Waals surface area (Å²) in [4.78, 5) is 21.0. The molecular formula is C15H18ClN3O2. The fourth-order valence-corrected chi connectivity index (χ4v) is 2.66. The third-order valence-corrected chi connectivity index (χ3v) is 3.74. The third kappa shape index (κ3) is 2.83. The van der Waals surface area contributed by atoms with Gasteiger partial charge >= 0.3 is 6.09 Å². The van der Waals surface area contributed by atoms with Crippen molar-refractivity contribution in [3.8, 4) is 0 Å². The van der Waals surface area contributed by atoms with Crippen LogP contribution < -0.4 is 0 Å². The lowest BCUT2D eigenvalue weighted by atomic mass is 9.92. The van der Waals surface area contributed by atoms with Gasteiger partial charge in [0.25, 0.3) is 0 Å². The molecule has 1 amide bonds. The maximum Gasteiger partial charge on any atom is 0.410 e. The maximum absolute atomic E-state index is 11.9. The topological polar surface area (TPSA) is 58.2 Å². The van der Waals surface area contributed by atoms with Gasteiger partial charge in [-0.2, -0.15) is 0 Å². The number of pyridine rings is 1. The monoisotopic (exact) mass is 307 g/mol. The minimum atomic E-state index is -0.455. The molecule has 0 aliphatic carbocycles. The molecule has 1 fully saturated rings. The molecule has 2 aromatic heterocycles. The van der Waals surface area contributed by atoms with E-state index in [0.717, 1.165) is 10.9 Å². The second-order valence-electron chi connectivity index (χ2n) is 6.38. The quantitative estimate of drug-likeness (QED) is 0.820. The number of likely N-dealkylation sites (tertiary alicyclic amines) is 1. The summed E-state index contributed by atoms with van der Waals surface area (Å²) in [6.07, 6.45) is 3.50. The zero-order valence-corrected chi connectivity index (χ0v) is 13.1. The van der Waals surface area contributed by atoms with Crippen LogP contribution in [0.2, 0.25) is 5.15 Å². The molecule has 1 saturated heterocycles. The Kier molecular flexibility index (Phi) is 3.32. The summed E-state index contributed by atoms with van der Waals surface area (Å²) in [5.74, 6) is 0.314. The van der Waals surface area contributed by atoms with E-state index in [0.29, 0.717) is 24.2 Å². The number of nitrogens with one attached hydrogen (secondary N) is 1. The molecule has 6 heteroatoms. The van der Waals surface area contributed by atoms with Gasteiger partial charge in [-0.3, -0.25) is 0 Å². The van der Waals surface area contributed by atoms with E-state index in [-0.39, 0.29) is 6.09 Å². The van der Waals surface area contributed by atoms with E-state index in [1.807, 2.05) is 33.0 Å². The van der Waals surface area contributed by atoms with Crippen LogP contribution in [0.25, 0.3) is 10.9 Å². The van der Waals surface area contributed by atoms with Crippen LogP contribution in [-0.4, -0.2) is 39.7 Å². The van der Waals surface area contributed by atoms with Gasteiger partial charge in [0.15, 0.2) is 0 Å². The van der Waals surface area contributed by atoms with Gasteiger partial charge in [-0.15, -0.1) is 0 Å². The zero-order chi connectivity index (χ0) is 15.2. The number of carbonyl (C=O) groups excluding carboxylic acids is 1. The van der Waals surface area contributed by atoms with Crippen molar-refractivity contribution in [2.24, 2.45) is 0 Å². The molecule has 1 aliphatic rings. The summed E-state index contributed by atoms with van der Waals surface area (Å²) < 4.78 is 5.36. The number of rotatable bonds is 1. The number of ether oxygens (including phenoxy) is 1. The number of carbonyl (C=O) groups is 1. The largest absolute Gasteiger partial charge is 0.444 e. The summed E-state index contributed by atoms with van der Waals surface area (Å²) in [5.41, 5.74) is 1.69. The second kappa shape index (κ2) is 4.91. The van der Waals surface area contributed by atoms with E-state index < -0.39 is 5.60 Å². The number of halogens is 1. The van der Waals surface area contributed by atoms with E-state index in [1.165, 1.54) is 5.56 Å². The summed E-state index contributed by atoms with van der Waals surface area (Å²) in [7, 11) is 0. The molecule has 1 N–H and O–H groups in total. The van der Waals surface area contributed by atoms with Crippen LogP contribution >= 0.6 is 11.6 Å². The van der Waals surface area contributed by atoms with Gasteiger partial charge in [-0.05, 0) is 32.4 Å². The molecule has 0 unspecified atom stereocenters. The number of aromatic amines is 1. The molecule has 5 nitrogen and oxygen atoms in total. The van der Waals surface area contributed by atoms with Gasteiger partial charge in [0.05, 0.1) is 5.52 Å². The van der Waals surface area contributed by atoms with Crippen LogP contribution in [0.4, 0.5) is 4.79 Å².